The number of hydrogen-bond donors (Lipinski definition) is 1. The molecule has 222 valence electrons. The summed E-state index contributed by atoms with van der Waals surface area (Å²) in [5, 5.41) is 9.94. The predicted molar refractivity (Wildman–Crippen MR) is 165 cm³/mol. The summed E-state index contributed by atoms with van der Waals surface area (Å²) in [7, 11) is 0. The summed E-state index contributed by atoms with van der Waals surface area (Å²) in [6, 6.07) is 6.47. The van der Waals surface area contributed by atoms with Crippen LogP contribution in [-0.4, -0.2) is 52.8 Å². The molecular formula is C34H49FN6. The molecule has 2 aromatic rings. The van der Waals surface area contributed by atoms with Crippen molar-refractivity contribution in [3.05, 3.63) is 45.9 Å². The zero-order valence-corrected chi connectivity index (χ0v) is 25.8. The van der Waals surface area contributed by atoms with E-state index in [1.54, 1.807) is 0 Å². The fourth-order valence-electron chi connectivity index (χ4n) is 7.71. The summed E-state index contributed by atoms with van der Waals surface area (Å²) in [5.41, 5.74) is 12.7. The Morgan fingerprint density at radius 2 is 2.00 bits per heavy atom. The zero-order chi connectivity index (χ0) is 29.3. The smallest absolute Gasteiger partial charge is 0.135 e. The van der Waals surface area contributed by atoms with E-state index in [9.17, 15) is 9.65 Å². The quantitative estimate of drug-likeness (QED) is 0.410. The summed E-state index contributed by atoms with van der Waals surface area (Å²) < 4.78 is 12.8. The monoisotopic (exact) mass is 560 g/mol. The minimum absolute atomic E-state index is 0.236. The second kappa shape index (κ2) is 12.3. The average molecular weight is 561 g/mol. The van der Waals surface area contributed by atoms with Gasteiger partial charge in [0.15, 0.2) is 0 Å². The van der Waals surface area contributed by atoms with Crippen molar-refractivity contribution in [3.8, 4) is 6.07 Å². The third kappa shape index (κ3) is 5.95. The molecule has 4 unspecified atom stereocenters. The molecule has 0 spiro atoms. The lowest BCUT2D eigenvalue weighted by atomic mass is 9.76. The molecular weight excluding hydrogens is 511 g/mol. The maximum Gasteiger partial charge on any atom is 0.135 e. The van der Waals surface area contributed by atoms with Gasteiger partial charge in [-0.15, -0.1) is 0 Å². The van der Waals surface area contributed by atoms with Crippen molar-refractivity contribution in [3.63, 3.8) is 0 Å². The molecule has 1 aliphatic carbocycles. The van der Waals surface area contributed by atoms with Gasteiger partial charge in [0.1, 0.15) is 23.9 Å². The number of alkyl halides is 1. The molecule has 3 fully saturated rings. The number of aryl methyl sites for hydroxylation is 1. The van der Waals surface area contributed by atoms with E-state index < -0.39 is 6.17 Å². The number of halogens is 1. The highest BCUT2D eigenvalue weighted by Gasteiger charge is 2.44. The van der Waals surface area contributed by atoms with Gasteiger partial charge in [0.05, 0.1) is 11.3 Å². The van der Waals surface area contributed by atoms with E-state index in [1.165, 1.54) is 41.9 Å². The molecule has 6 nitrogen and oxygen atoms in total. The van der Waals surface area contributed by atoms with Crippen molar-refractivity contribution in [1.29, 1.82) is 5.26 Å². The molecule has 1 aromatic carbocycles. The van der Waals surface area contributed by atoms with Gasteiger partial charge in [-0.2, -0.15) is 5.26 Å². The van der Waals surface area contributed by atoms with Gasteiger partial charge in [-0.05, 0) is 99.8 Å². The number of fused-ring (bicyclic) bond motifs is 2. The fourth-order valence-corrected chi connectivity index (χ4v) is 7.71. The van der Waals surface area contributed by atoms with Crippen LogP contribution in [0.4, 0.5) is 15.9 Å². The van der Waals surface area contributed by atoms with E-state index in [-0.39, 0.29) is 11.5 Å². The van der Waals surface area contributed by atoms with Gasteiger partial charge < -0.3 is 10.6 Å². The topological polar surface area (TPSA) is 82.1 Å². The summed E-state index contributed by atoms with van der Waals surface area (Å²) >= 11 is 0. The first kappa shape index (κ1) is 29.8. The second-order valence-electron chi connectivity index (χ2n) is 13.3. The SMILES string of the molecule is CC12CCCN1CC(F)C2.CCc1nc2c(c(N3CCC(C)C3)n1)CCC(c1c([C@@H](C)CC)ccc(N)c1C#N)C2. The number of hydrogen-bond acceptors (Lipinski definition) is 6. The van der Waals surface area contributed by atoms with Crippen LogP contribution in [0.1, 0.15) is 119 Å². The van der Waals surface area contributed by atoms with Crippen LogP contribution in [0.3, 0.4) is 0 Å². The van der Waals surface area contributed by atoms with Gasteiger partial charge >= 0.3 is 0 Å². The van der Waals surface area contributed by atoms with Crippen molar-refractivity contribution in [2.75, 3.05) is 36.8 Å². The Labute approximate surface area is 246 Å². The molecule has 5 atom stereocenters. The molecule has 2 N–H and O–H groups in total. The number of anilines is 2. The Balaban J connectivity index is 0.000000282. The third-order valence-corrected chi connectivity index (χ3v) is 10.3. The Morgan fingerprint density at radius 3 is 2.66 bits per heavy atom. The normalized spacial score (nSPS) is 28.0. The minimum atomic E-state index is -0.551. The van der Waals surface area contributed by atoms with Crippen LogP contribution < -0.4 is 10.6 Å². The van der Waals surface area contributed by atoms with Crippen molar-refractivity contribution >= 4 is 11.5 Å². The van der Waals surface area contributed by atoms with Gasteiger partial charge in [-0.1, -0.05) is 33.8 Å². The molecule has 4 heterocycles. The highest BCUT2D eigenvalue weighted by molar-refractivity contribution is 5.63. The molecule has 4 aliphatic rings. The van der Waals surface area contributed by atoms with E-state index in [0.29, 0.717) is 23.7 Å². The number of benzene rings is 1. The predicted octanol–water partition coefficient (Wildman–Crippen LogP) is 6.71. The first-order chi connectivity index (χ1) is 19.7. The number of nitrogens with zero attached hydrogens (tertiary/aromatic N) is 5. The van der Waals surface area contributed by atoms with Crippen molar-refractivity contribution < 1.29 is 4.39 Å². The van der Waals surface area contributed by atoms with E-state index in [4.69, 9.17) is 15.7 Å². The van der Waals surface area contributed by atoms with Crippen LogP contribution >= 0.6 is 0 Å². The van der Waals surface area contributed by atoms with E-state index in [1.807, 2.05) is 6.07 Å². The minimum Gasteiger partial charge on any atom is -0.398 e. The van der Waals surface area contributed by atoms with Crippen molar-refractivity contribution in [1.82, 2.24) is 14.9 Å². The first-order valence-electron chi connectivity index (χ1n) is 16.0. The Morgan fingerprint density at radius 1 is 1.20 bits per heavy atom. The summed E-state index contributed by atoms with van der Waals surface area (Å²) in [5.74, 6) is 3.50. The Kier molecular flexibility index (Phi) is 8.90. The molecule has 1 aromatic heterocycles. The van der Waals surface area contributed by atoms with Gasteiger partial charge in [0.2, 0.25) is 0 Å². The largest absolute Gasteiger partial charge is 0.398 e. The maximum atomic E-state index is 12.8. The van der Waals surface area contributed by atoms with Crippen LogP contribution in [0.5, 0.6) is 0 Å². The Bertz CT molecular complexity index is 1290. The first-order valence-corrected chi connectivity index (χ1v) is 16.0. The highest BCUT2D eigenvalue weighted by Crippen LogP contribution is 2.42. The van der Waals surface area contributed by atoms with Crippen molar-refractivity contribution in [2.45, 2.75) is 116 Å². The van der Waals surface area contributed by atoms with Gasteiger partial charge in [-0.3, -0.25) is 4.90 Å². The third-order valence-electron chi connectivity index (χ3n) is 10.3. The molecule has 0 radical (unpaired) electrons. The number of nitrogen functional groups attached to an aromatic ring is 1. The Hall–Kier alpha value is -2.72. The number of nitriles is 1. The van der Waals surface area contributed by atoms with Crippen LogP contribution in [0.2, 0.25) is 0 Å². The standard InChI is InChI=1S/C26H35N5.C8H14FN/c1-5-17(4)19-9-10-22(28)21(14-27)25(19)18-7-8-20-23(13-18)29-24(6-2)30-26(20)31-12-11-16(3)15-31;1-8-3-2-4-10(8)6-7(9)5-8/h9-10,16-18H,5-8,11-13,15,28H2,1-4H3;7H,2-6H2,1H3/t16?,17-,18?;/m0./s1. The molecule has 0 saturated carbocycles. The lowest BCUT2D eigenvalue weighted by Gasteiger charge is -2.31. The maximum absolute atomic E-state index is 12.8. The fraction of sp³-hybridized carbons (Fsp3) is 0.676. The van der Waals surface area contributed by atoms with E-state index in [0.717, 1.165) is 75.5 Å². The van der Waals surface area contributed by atoms with Gasteiger partial charge in [0.25, 0.3) is 0 Å². The van der Waals surface area contributed by atoms with Crippen molar-refractivity contribution in [2.24, 2.45) is 5.92 Å². The lowest BCUT2D eigenvalue weighted by Crippen LogP contribution is -2.34. The summed E-state index contributed by atoms with van der Waals surface area (Å²) in [6.45, 7) is 15.1. The van der Waals surface area contributed by atoms with Crippen LogP contribution in [0.25, 0.3) is 0 Å². The number of aromatic nitrogens is 2. The molecule has 3 aliphatic heterocycles. The molecule has 41 heavy (non-hydrogen) atoms. The average Bonchev–Trinajstić information content (AvgIpc) is 3.63. The van der Waals surface area contributed by atoms with Crippen LogP contribution in [0.15, 0.2) is 12.1 Å². The molecule has 0 amide bonds. The van der Waals surface area contributed by atoms with Gasteiger partial charge in [0, 0.05) is 42.8 Å². The summed E-state index contributed by atoms with van der Waals surface area (Å²) in [4.78, 5) is 14.7. The van der Waals surface area contributed by atoms with Crippen LogP contribution in [-0.2, 0) is 19.3 Å². The molecule has 3 saturated heterocycles. The lowest BCUT2D eigenvalue weighted by molar-refractivity contribution is 0.217. The zero-order valence-electron chi connectivity index (χ0n) is 25.8. The number of rotatable bonds is 5. The summed E-state index contributed by atoms with van der Waals surface area (Å²) in [6.07, 6.45) is 8.65. The molecule has 0 bridgehead atoms. The molecule has 7 heteroatoms. The highest BCUT2D eigenvalue weighted by atomic mass is 19.1. The van der Waals surface area contributed by atoms with Gasteiger partial charge in [-0.25, -0.2) is 14.4 Å². The van der Waals surface area contributed by atoms with Crippen LogP contribution in [0, 0.1) is 17.2 Å². The number of nitrogens with two attached hydrogens (primary N) is 1. The van der Waals surface area contributed by atoms with E-state index in [2.05, 4.69) is 56.6 Å². The van der Waals surface area contributed by atoms with E-state index >= 15 is 0 Å². The second-order valence-corrected chi connectivity index (χ2v) is 13.3. The molecule has 6 rings (SSSR count).